The lowest BCUT2D eigenvalue weighted by Gasteiger charge is -2.36. The highest BCUT2D eigenvalue weighted by Gasteiger charge is 2.54. The van der Waals surface area contributed by atoms with E-state index in [0.29, 0.717) is 17.8 Å². The van der Waals surface area contributed by atoms with E-state index >= 15 is 0 Å². The zero-order valence-corrected chi connectivity index (χ0v) is 14.1. The molecule has 0 unspecified atom stereocenters. The van der Waals surface area contributed by atoms with E-state index in [0.717, 1.165) is 0 Å². The average molecular weight is 320 g/mol. The van der Waals surface area contributed by atoms with Gasteiger partial charge in [-0.25, -0.2) is 0 Å². The summed E-state index contributed by atoms with van der Waals surface area (Å²) < 4.78 is 5.20. The molecule has 0 aliphatic heterocycles. The summed E-state index contributed by atoms with van der Waals surface area (Å²) in [5, 5.41) is 0. The molecule has 2 aliphatic rings. The van der Waals surface area contributed by atoms with E-state index in [1.807, 2.05) is 0 Å². The molecule has 2 aliphatic carbocycles. The largest absolute Gasteiger partial charge is 0.469 e. The zero-order chi connectivity index (χ0) is 16.5. The molecule has 0 radical (unpaired) electrons. The third-order valence-corrected chi connectivity index (χ3v) is 6.16. The SMILES string of the molecule is COC(=O)[C@@H]1[C@H]2CC[C@@H](C2)[C@H]1C(c1ccccc1)c1ccccc1. The van der Waals surface area contributed by atoms with E-state index in [-0.39, 0.29) is 17.8 Å². The maximum atomic E-state index is 12.6. The van der Waals surface area contributed by atoms with E-state index in [1.54, 1.807) is 0 Å². The van der Waals surface area contributed by atoms with Crippen LogP contribution >= 0.6 is 0 Å². The number of hydrogen-bond acceptors (Lipinski definition) is 2. The smallest absolute Gasteiger partial charge is 0.309 e. The number of fused-ring (bicyclic) bond motifs is 2. The molecule has 0 saturated heterocycles. The summed E-state index contributed by atoms with van der Waals surface area (Å²) >= 11 is 0. The number of carbonyl (C=O) groups excluding carboxylic acids is 1. The molecule has 0 heterocycles. The van der Waals surface area contributed by atoms with Crippen LogP contribution in [0.2, 0.25) is 0 Å². The molecule has 2 heteroatoms. The third-order valence-electron chi connectivity index (χ3n) is 6.16. The number of benzene rings is 2. The van der Waals surface area contributed by atoms with Crippen molar-refractivity contribution in [2.45, 2.75) is 25.2 Å². The molecule has 24 heavy (non-hydrogen) atoms. The summed E-state index contributed by atoms with van der Waals surface area (Å²) in [4.78, 5) is 12.6. The summed E-state index contributed by atoms with van der Waals surface area (Å²) in [5.74, 6) is 1.78. The molecule has 2 bridgehead atoms. The first-order chi connectivity index (χ1) is 11.8. The van der Waals surface area contributed by atoms with Gasteiger partial charge < -0.3 is 4.74 Å². The second-order valence-corrected chi connectivity index (χ2v) is 7.26. The van der Waals surface area contributed by atoms with Crippen molar-refractivity contribution in [1.29, 1.82) is 0 Å². The van der Waals surface area contributed by atoms with Crippen LogP contribution in [-0.4, -0.2) is 13.1 Å². The van der Waals surface area contributed by atoms with Gasteiger partial charge in [-0.3, -0.25) is 4.79 Å². The number of methoxy groups -OCH3 is 1. The Bertz CT molecular complexity index is 655. The van der Waals surface area contributed by atoms with E-state index in [1.165, 1.54) is 37.5 Å². The molecular formula is C22H24O2. The molecule has 124 valence electrons. The Balaban J connectivity index is 1.80. The van der Waals surface area contributed by atoms with Gasteiger partial charge in [0, 0.05) is 5.92 Å². The van der Waals surface area contributed by atoms with Crippen molar-refractivity contribution in [3.05, 3.63) is 71.8 Å². The van der Waals surface area contributed by atoms with Crippen molar-refractivity contribution >= 4 is 5.97 Å². The molecule has 0 amide bonds. The molecular weight excluding hydrogens is 296 g/mol. The maximum absolute atomic E-state index is 12.6. The van der Waals surface area contributed by atoms with E-state index in [9.17, 15) is 4.79 Å². The van der Waals surface area contributed by atoms with Crippen LogP contribution < -0.4 is 0 Å². The second-order valence-electron chi connectivity index (χ2n) is 7.26. The number of rotatable bonds is 4. The summed E-state index contributed by atoms with van der Waals surface area (Å²) in [6.07, 6.45) is 3.61. The van der Waals surface area contributed by atoms with Crippen LogP contribution in [-0.2, 0) is 9.53 Å². The minimum Gasteiger partial charge on any atom is -0.469 e. The van der Waals surface area contributed by atoms with Gasteiger partial charge >= 0.3 is 5.97 Å². The summed E-state index contributed by atoms with van der Waals surface area (Å²) in [5.41, 5.74) is 2.63. The van der Waals surface area contributed by atoms with E-state index < -0.39 is 0 Å². The summed E-state index contributed by atoms with van der Waals surface area (Å²) in [7, 11) is 1.53. The van der Waals surface area contributed by atoms with Crippen LogP contribution in [0.4, 0.5) is 0 Å². The monoisotopic (exact) mass is 320 g/mol. The fraction of sp³-hybridized carbons (Fsp3) is 0.409. The van der Waals surface area contributed by atoms with Crippen molar-refractivity contribution in [3.63, 3.8) is 0 Å². The van der Waals surface area contributed by atoms with Gasteiger partial charge in [-0.05, 0) is 48.1 Å². The predicted molar refractivity (Wildman–Crippen MR) is 94.6 cm³/mol. The second kappa shape index (κ2) is 6.43. The van der Waals surface area contributed by atoms with Gasteiger partial charge in [-0.2, -0.15) is 0 Å². The fourth-order valence-corrected chi connectivity index (χ4v) is 5.26. The minimum atomic E-state index is -0.0101. The van der Waals surface area contributed by atoms with Crippen molar-refractivity contribution in [2.75, 3.05) is 7.11 Å². The molecule has 0 aromatic heterocycles. The number of esters is 1. The summed E-state index contributed by atoms with van der Waals surface area (Å²) in [6, 6.07) is 21.4. The van der Waals surface area contributed by atoms with Gasteiger partial charge in [0.05, 0.1) is 13.0 Å². The Kier molecular flexibility index (Phi) is 4.13. The molecule has 4 atom stereocenters. The van der Waals surface area contributed by atoms with Crippen LogP contribution in [0.15, 0.2) is 60.7 Å². The normalized spacial score (nSPS) is 28.2. The Morgan fingerprint density at radius 1 is 0.917 bits per heavy atom. The highest BCUT2D eigenvalue weighted by Crippen LogP contribution is 2.58. The molecule has 2 saturated carbocycles. The van der Waals surface area contributed by atoms with Crippen molar-refractivity contribution in [3.8, 4) is 0 Å². The Hall–Kier alpha value is -2.09. The first-order valence-corrected chi connectivity index (χ1v) is 8.97. The van der Waals surface area contributed by atoms with Crippen molar-refractivity contribution in [2.24, 2.45) is 23.7 Å². The topological polar surface area (TPSA) is 26.3 Å². The molecule has 0 spiro atoms. The van der Waals surface area contributed by atoms with Crippen LogP contribution in [0.25, 0.3) is 0 Å². The van der Waals surface area contributed by atoms with Gasteiger partial charge in [-0.15, -0.1) is 0 Å². The van der Waals surface area contributed by atoms with Crippen molar-refractivity contribution in [1.82, 2.24) is 0 Å². The quantitative estimate of drug-likeness (QED) is 0.766. The third kappa shape index (κ3) is 2.54. The number of carbonyl (C=O) groups is 1. The zero-order valence-electron chi connectivity index (χ0n) is 14.1. The van der Waals surface area contributed by atoms with Crippen molar-refractivity contribution < 1.29 is 9.53 Å². The lowest BCUT2D eigenvalue weighted by molar-refractivity contribution is -0.149. The fourth-order valence-electron chi connectivity index (χ4n) is 5.26. The molecule has 2 nitrogen and oxygen atoms in total. The van der Waals surface area contributed by atoms with Crippen LogP contribution in [0.5, 0.6) is 0 Å². The number of ether oxygens (including phenoxy) is 1. The number of hydrogen-bond donors (Lipinski definition) is 0. The Morgan fingerprint density at radius 2 is 1.46 bits per heavy atom. The molecule has 2 aromatic rings. The highest BCUT2D eigenvalue weighted by atomic mass is 16.5. The standard InChI is InChI=1S/C22H24O2/c1-24-22(23)21-18-13-12-17(14-18)20(21)19(15-8-4-2-5-9-15)16-10-6-3-7-11-16/h2-11,17-21H,12-14H2,1H3/t17-,18-,20-,21+/m0/s1. The Morgan fingerprint density at radius 3 is 2.00 bits per heavy atom. The Labute approximate surface area is 143 Å². The van der Waals surface area contributed by atoms with E-state index in [2.05, 4.69) is 60.7 Å². The van der Waals surface area contributed by atoms with E-state index in [4.69, 9.17) is 4.74 Å². The predicted octanol–water partition coefficient (Wildman–Crippen LogP) is 4.65. The van der Waals surface area contributed by atoms with Crippen LogP contribution in [0, 0.1) is 23.7 Å². The van der Waals surface area contributed by atoms with Gasteiger partial charge in [0.1, 0.15) is 0 Å². The van der Waals surface area contributed by atoms with Gasteiger partial charge in [0.2, 0.25) is 0 Å². The lowest BCUT2D eigenvalue weighted by Crippen LogP contribution is -2.34. The molecule has 2 fully saturated rings. The maximum Gasteiger partial charge on any atom is 0.309 e. The van der Waals surface area contributed by atoms with Gasteiger partial charge in [-0.1, -0.05) is 60.7 Å². The highest BCUT2D eigenvalue weighted by molar-refractivity contribution is 5.74. The van der Waals surface area contributed by atoms with Gasteiger partial charge in [0.25, 0.3) is 0 Å². The van der Waals surface area contributed by atoms with Crippen LogP contribution in [0.3, 0.4) is 0 Å². The van der Waals surface area contributed by atoms with Gasteiger partial charge in [0.15, 0.2) is 0 Å². The average Bonchev–Trinajstić information content (AvgIpc) is 3.25. The first-order valence-electron chi connectivity index (χ1n) is 8.97. The molecule has 2 aromatic carbocycles. The summed E-state index contributed by atoms with van der Waals surface area (Å²) in [6.45, 7) is 0. The molecule has 0 N–H and O–H groups in total. The molecule has 4 rings (SSSR count). The lowest BCUT2D eigenvalue weighted by atomic mass is 9.68. The minimum absolute atomic E-state index is 0.0101. The first kappa shape index (κ1) is 15.4. The van der Waals surface area contributed by atoms with Crippen LogP contribution in [0.1, 0.15) is 36.3 Å².